The van der Waals surface area contributed by atoms with Crippen molar-refractivity contribution in [2.45, 2.75) is 24.8 Å². The largest absolute Gasteiger partial charge is 0.469 e. The quantitative estimate of drug-likeness (QED) is 0.276. The molecular formula is C17H16Cl2N4O2. The normalized spacial score (nSPS) is 12.8. The Kier molecular flexibility index (Phi) is 7.07. The van der Waals surface area contributed by atoms with Crippen molar-refractivity contribution in [2.75, 3.05) is 7.11 Å². The highest BCUT2D eigenvalue weighted by Gasteiger charge is 2.26. The van der Waals surface area contributed by atoms with E-state index in [9.17, 15) is 4.79 Å². The Balaban J connectivity index is 2.43. The van der Waals surface area contributed by atoms with Crippen molar-refractivity contribution in [2.24, 2.45) is 5.11 Å². The van der Waals surface area contributed by atoms with Crippen molar-refractivity contribution in [1.82, 2.24) is 4.98 Å². The number of halogens is 2. The molecule has 2 atom stereocenters. The Bertz CT molecular complexity index is 776. The summed E-state index contributed by atoms with van der Waals surface area (Å²) in [5.74, 6) is -0.627. The lowest BCUT2D eigenvalue weighted by molar-refractivity contribution is -0.140. The third-order valence-electron chi connectivity index (χ3n) is 3.77. The molecule has 130 valence electrons. The summed E-state index contributed by atoms with van der Waals surface area (Å²) < 4.78 is 4.72. The summed E-state index contributed by atoms with van der Waals surface area (Å²) in [5.41, 5.74) is 10.4. The molecule has 0 amide bonds. The third-order valence-corrected chi connectivity index (χ3v) is 4.23. The van der Waals surface area contributed by atoms with Crippen LogP contribution in [0.25, 0.3) is 10.4 Å². The van der Waals surface area contributed by atoms with Crippen LogP contribution < -0.4 is 0 Å². The van der Waals surface area contributed by atoms with Gasteiger partial charge in [0, 0.05) is 28.2 Å². The number of azide groups is 1. The highest BCUT2D eigenvalue weighted by molar-refractivity contribution is 6.30. The lowest BCUT2D eigenvalue weighted by Crippen LogP contribution is -2.13. The van der Waals surface area contributed by atoms with Gasteiger partial charge in [0.2, 0.25) is 0 Å². The molecule has 2 rings (SSSR count). The van der Waals surface area contributed by atoms with Gasteiger partial charge in [-0.1, -0.05) is 40.4 Å². The molecule has 1 heterocycles. The van der Waals surface area contributed by atoms with E-state index in [2.05, 4.69) is 15.0 Å². The maximum atomic E-state index is 11.6. The Morgan fingerprint density at radius 3 is 2.72 bits per heavy atom. The van der Waals surface area contributed by atoms with E-state index in [4.69, 9.17) is 33.5 Å². The van der Waals surface area contributed by atoms with Crippen LogP contribution >= 0.6 is 23.2 Å². The van der Waals surface area contributed by atoms with Crippen molar-refractivity contribution in [3.05, 3.63) is 74.3 Å². The van der Waals surface area contributed by atoms with Crippen molar-refractivity contribution in [3.8, 4) is 0 Å². The first-order valence-electron chi connectivity index (χ1n) is 7.53. The number of carbonyl (C=O) groups is 1. The van der Waals surface area contributed by atoms with Gasteiger partial charge < -0.3 is 4.74 Å². The first-order valence-corrected chi connectivity index (χ1v) is 8.28. The van der Waals surface area contributed by atoms with Gasteiger partial charge in [0.15, 0.2) is 0 Å². The van der Waals surface area contributed by atoms with Crippen LogP contribution in [0, 0.1) is 0 Å². The van der Waals surface area contributed by atoms with E-state index in [0.29, 0.717) is 22.2 Å². The third kappa shape index (κ3) is 5.36. The molecule has 0 bridgehead atoms. The van der Waals surface area contributed by atoms with E-state index in [-0.39, 0.29) is 18.3 Å². The molecule has 0 spiro atoms. The van der Waals surface area contributed by atoms with Gasteiger partial charge in [-0.05, 0) is 47.7 Å². The van der Waals surface area contributed by atoms with Crippen LogP contribution in [0.3, 0.4) is 0 Å². The number of hydrogen-bond donors (Lipinski definition) is 0. The number of pyridine rings is 1. The molecule has 1 aromatic carbocycles. The van der Waals surface area contributed by atoms with Crippen LogP contribution in [0.5, 0.6) is 0 Å². The van der Waals surface area contributed by atoms with Gasteiger partial charge in [0.05, 0.1) is 18.2 Å². The van der Waals surface area contributed by atoms with Crippen molar-refractivity contribution in [1.29, 1.82) is 0 Å². The fourth-order valence-corrected chi connectivity index (χ4v) is 2.89. The van der Waals surface area contributed by atoms with Gasteiger partial charge in [-0.2, -0.15) is 0 Å². The van der Waals surface area contributed by atoms with Crippen molar-refractivity contribution < 1.29 is 9.53 Å². The zero-order valence-electron chi connectivity index (χ0n) is 13.5. The summed E-state index contributed by atoms with van der Waals surface area (Å²) in [6.07, 6.45) is 2.09. The number of ether oxygens (including phenoxy) is 1. The fraction of sp³-hybridized carbons (Fsp3) is 0.294. The molecule has 0 aliphatic heterocycles. The van der Waals surface area contributed by atoms with Gasteiger partial charge >= 0.3 is 5.97 Å². The van der Waals surface area contributed by atoms with Crippen LogP contribution in [0.4, 0.5) is 0 Å². The number of methoxy groups -OCH3 is 1. The second kappa shape index (κ2) is 9.28. The highest BCUT2D eigenvalue weighted by Crippen LogP contribution is 2.38. The number of carbonyl (C=O) groups excluding carboxylic acids is 1. The molecule has 25 heavy (non-hydrogen) atoms. The van der Waals surface area contributed by atoms with Crippen molar-refractivity contribution >= 4 is 29.2 Å². The lowest BCUT2D eigenvalue weighted by atomic mass is 9.86. The van der Waals surface area contributed by atoms with E-state index in [1.807, 2.05) is 12.1 Å². The zero-order valence-corrected chi connectivity index (χ0v) is 15.0. The number of esters is 1. The second-order valence-electron chi connectivity index (χ2n) is 5.33. The second-order valence-corrected chi connectivity index (χ2v) is 6.20. The number of hydrogen-bond acceptors (Lipinski definition) is 4. The molecule has 0 saturated heterocycles. The maximum absolute atomic E-state index is 11.6. The van der Waals surface area contributed by atoms with E-state index >= 15 is 0 Å². The molecule has 1 aromatic heterocycles. The summed E-state index contributed by atoms with van der Waals surface area (Å²) in [6.45, 7) is 0. The highest BCUT2D eigenvalue weighted by atomic mass is 35.5. The summed E-state index contributed by atoms with van der Waals surface area (Å²) in [7, 11) is 1.34. The van der Waals surface area contributed by atoms with Gasteiger partial charge in [-0.25, -0.2) is 0 Å². The number of rotatable bonds is 7. The van der Waals surface area contributed by atoms with Gasteiger partial charge in [-0.3, -0.25) is 9.78 Å². The molecule has 0 saturated carbocycles. The monoisotopic (exact) mass is 378 g/mol. The van der Waals surface area contributed by atoms with Crippen LogP contribution in [-0.2, 0) is 9.53 Å². The van der Waals surface area contributed by atoms with E-state index in [1.165, 1.54) is 13.3 Å². The number of nitrogens with zero attached hydrogens (tertiary/aromatic N) is 4. The van der Waals surface area contributed by atoms with E-state index in [0.717, 1.165) is 5.56 Å². The predicted octanol–water partition coefficient (Wildman–Crippen LogP) is 5.48. The molecular weight excluding hydrogens is 363 g/mol. The Morgan fingerprint density at radius 2 is 2.12 bits per heavy atom. The average molecular weight is 379 g/mol. The lowest BCUT2D eigenvalue weighted by Gasteiger charge is -2.23. The molecule has 2 aromatic rings. The first kappa shape index (κ1) is 19.1. The van der Waals surface area contributed by atoms with Gasteiger partial charge in [-0.15, -0.1) is 0 Å². The van der Waals surface area contributed by atoms with Crippen molar-refractivity contribution in [3.63, 3.8) is 0 Å². The summed E-state index contributed by atoms with van der Waals surface area (Å²) >= 11 is 12.0. The fourth-order valence-electron chi connectivity index (χ4n) is 2.58. The predicted molar refractivity (Wildman–Crippen MR) is 96.6 cm³/mol. The SMILES string of the molecule is COC(=O)CCC(c1cccc(Cl)c1)C(N=[N+]=[N-])c1ccc(Cl)cn1. The van der Waals surface area contributed by atoms with Crippen LogP contribution in [0.2, 0.25) is 10.0 Å². The first-order chi connectivity index (χ1) is 12.0. The number of aromatic nitrogens is 1. The van der Waals surface area contributed by atoms with Crippen LogP contribution in [0.1, 0.15) is 36.1 Å². The smallest absolute Gasteiger partial charge is 0.305 e. The minimum Gasteiger partial charge on any atom is -0.469 e. The summed E-state index contributed by atoms with van der Waals surface area (Å²) in [5, 5.41) is 4.96. The molecule has 8 heteroatoms. The van der Waals surface area contributed by atoms with Crippen LogP contribution in [-0.4, -0.2) is 18.1 Å². The van der Waals surface area contributed by atoms with Crippen LogP contribution in [0.15, 0.2) is 47.7 Å². The molecule has 2 unspecified atom stereocenters. The molecule has 0 N–H and O–H groups in total. The molecule has 6 nitrogen and oxygen atoms in total. The Morgan fingerprint density at radius 1 is 1.32 bits per heavy atom. The topological polar surface area (TPSA) is 88.0 Å². The summed E-state index contributed by atoms with van der Waals surface area (Å²) in [4.78, 5) is 18.8. The minimum atomic E-state index is -0.606. The molecule has 0 aliphatic carbocycles. The van der Waals surface area contributed by atoms with Gasteiger partial charge in [0.25, 0.3) is 0 Å². The molecule has 0 aliphatic rings. The minimum absolute atomic E-state index is 0.179. The van der Waals surface area contributed by atoms with E-state index < -0.39 is 6.04 Å². The maximum Gasteiger partial charge on any atom is 0.305 e. The zero-order chi connectivity index (χ0) is 18.2. The Labute approximate surface area is 155 Å². The molecule has 0 radical (unpaired) electrons. The standard InChI is InChI=1S/C17H16Cl2N4O2/c1-25-16(24)8-6-14(11-3-2-4-12(18)9-11)17(22-23-20)15-7-5-13(19)10-21-15/h2-5,7,9-10,14,17H,6,8H2,1H3. The van der Waals surface area contributed by atoms with Gasteiger partial charge in [0.1, 0.15) is 0 Å². The molecule has 0 fully saturated rings. The number of benzene rings is 1. The average Bonchev–Trinajstić information content (AvgIpc) is 2.61. The van der Waals surface area contributed by atoms with E-state index in [1.54, 1.807) is 24.3 Å². The Hall–Kier alpha value is -2.27. The summed E-state index contributed by atoms with van der Waals surface area (Å²) in [6, 6.07) is 10.0.